The maximum atomic E-state index is 11.1. The van der Waals surface area contributed by atoms with Gasteiger partial charge >= 0.3 is 5.97 Å². The Morgan fingerprint density at radius 3 is 2.38 bits per heavy atom. The zero-order chi connectivity index (χ0) is 12.1. The van der Waals surface area contributed by atoms with Gasteiger partial charge in [-0.3, -0.25) is 4.79 Å². The van der Waals surface area contributed by atoms with Gasteiger partial charge in [0.25, 0.3) is 0 Å². The van der Waals surface area contributed by atoms with Gasteiger partial charge in [-0.1, -0.05) is 55.3 Å². The standard InChI is InChI=1S/C12H14Cl2O2/c1-11(2)8(9(11)10(15)16)7-5-3-4-6-12(7,13)14/h3-9H,1-2H3,(H,15,16). The topological polar surface area (TPSA) is 37.3 Å². The van der Waals surface area contributed by atoms with Crippen LogP contribution in [0.25, 0.3) is 0 Å². The fourth-order valence-corrected chi connectivity index (χ4v) is 3.35. The number of rotatable bonds is 2. The third-order valence-corrected chi connectivity index (χ3v) is 4.51. The van der Waals surface area contributed by atoms with Crippen LogP contribution in [0.15, 0.2) is 24.3 Å². The molecule has 0 aromatic rings. The molecular formula is C12H14Cl2O2. The van der Waals surface area contributed by atoms with E-state index in [0.29, 0.717) is 0 Å². The lowest BCUT2D eigenvalue weighted by molar-refractivity contribution is -0.139. The molecule has 1 saturated carbocycles. The molecule has 2 aliphatic carbocycles. The van der Waals surface area contributed by atoms with Crippen molar-refractivity contribution in [1.82, 2.24) is 0 Å². The van der Waals surface area contributed by atoms with Gasteiger partial charge in [0, 0.05) is 5.92 Å². The van der Waals surface area contributed by atoms with E-state index in [0.717, 1.165) is 0 Å². The largest absolute Gasteiger partial charge is 0.481 e. The zero-order valence-electron chi connectivity index (χ0n) is 9.15. The number of carbonyl (C=O) groups is 1. The summed E-state index contributed by atoms with van der Waals surface area (Å²) in [6.45, 7) is 3.90. The quantitative estimate of drug-likeness (QED) is 0.774. The molecule has 0 aromatic heterocycles. The second-order valence-electron chi connectivity index (χ2n) is 5.11. The van der Waals surface area contributed by atoms with Crippen LogP contribution in [0.4, 0.5) is 0 Å². The number of halogens is 2. The number of carboxylic acid groups (broad SMARTS) is 1. The lowest BCUT2D eigenvalue weighted by atomic mass is 9.90. The van der Waals surface area contributed by atoms with Crippen LogP contribution in [-0.2, 0) is 4.79 Å². The van der Waals surface area contributed by atoms with E-state index in [1.165, 1.54) is 0 Å². The fourth-order valence-electron chi connectivity index (χ4n) is 2.79. The molecular weight excluding hydrogens is 247 g/mol. The first-order chi connectivity index (χ1) is 7.28. The van der Waals surface area contributed by atoms with E-state index in [4.69, 9.17) is 28.3 Å². The van der Waals surface area contributed by atoms with E-state index in [1.807, 2.05) is 26.0 Å². The van der Waals surface area contributed by atoms with Crippen molar-refractivity contribution in [2.24, 2.45) is 23.2 Å². The number of hydrogen-bond donors (Lipinski definition) is 1. The van der Waals surface area contributed by atoms with Crippen LogP contribution >= 0.6 is 23.2 Å². The van der Waals surface area contributed by atoms with Gasteiger partial charge in [-0.15, -0.1) is 0 Å². The molecule has 4 heteroatoms. The van der Waals surface area contributed by atoms with Gasteiger partial charge < -0.3 is 5.11 Å². The first-order valence-corrected chi connectivity index (χ1v) is 6.01. The molecule has 0 radical (unpaired) electrons. The third-order valence-electron chi connectivity index (χ3n) is 3.76. The summed E-state index contributed by atoms with van der Waals surface area (Å²) in [6.07, 6.45) is 7.30. The van der Waals surface area contributed by atoms with Crippen molar-refractivity contribution in [2.45, 2.75) is 18.2 Å². The number of hydrogen-bond acceptors (Lipinski definition) is 1. The van der Waals surface area contributed by atoms with Crippen LogP contribution < -0.4 is 0 Å². The minimum atomic E-state index is -0.985. The molecule has 0 saturated heterocycles. The lowest BCUT2D eigenvalue weighted by Crippen LogP contribution is -2.27. The molecule has 2 aliphatic rings. The Hall–Kier alpha value is -0.470. The summed E-state index contributed by atoms with van der Waals surface area (Å²) >= 11 is 12.4. The van der Waals surface area contributed by atoms with Crippen molar-refractivity contribution in [3.8, 4) is 0 Å². The summed E-state index contributed by atoms with van der Waals surface area (Å²) in [5.41, 5.74) is -0.235. The van der Waals surface area contributed by atoms with E-state index in [2.05, 4.69) is 0 Å². The minimum Gasteiger partial charge on any atom is -0.481 e. The first kappa shape index (κ1) is 12.0. The molecule has 0 aliphatic heterocycles. The summed E-state index contributed by atoms with van der Waals surface area (Å²) in [6, 6.07) is 0. The summed E-state index contributed by atoms with van der Waals surface area (Å²) < 4.78 is -0.985. The Morgan fingerprint density at radius 2 is 1.94 bits per heavy atom. The molecule has 16 heavy (non-hydrogen) atoms. The molecule has 0 aromatic carbocycles. The van der Waals surface area contributed by atoms with E-state index >= 15 is 0 Å². The van der Waals surface area contributed by atoms with Crippen LogP contribution in [-0.4, -0.2) is 15.4 Å². The van der Waals surface area contributed by atoms with Gasteiger partial charge in [-0.05, 0) is 17.4 Å². The Labute approximate surface area is 105 Å². The van der Waals surface area contributed by atoms with E-state index < -0.39 is 10.3 Å². The highest BCUT2D eigenvalue weighted by atomic mass is 35.5. The second kappa shape index (κ2) is 3.51. The number of alkyl halides is 2. The number of aliphatic carboxylic acids is 1. The molecule has 0 heterocycles. The summed E-state index contributed by atoms with van der Waals surface area (Å²) in [4.78, 5) is 11.1. The number of allylic oxidation sites excluding steroid dienone is 4. The van der Waals surface area contributed by atoms with Crippen molar-refractivity contribution in [2.75, 3.05) is 0 Å². The van der Waals surface area contributed by atoms with Crippen LogP contribution in [0.2, 0.25) is 0 Å². The Bertz CT molecular complexity index is 382. The predicted octanol–water partition coefficient (Wildman–Crippen LogP) is 3.26. The molecule has 0 spiro atoms. The van der Waals surface area contributed by atoms with Gasteiger partial charge in [0.05, 0.1) is 5.92 Å². The van der Waals surface area contributed by atoms with Crippen LogP contribution in [0.3, 0.4) is 0 Å². The highest BCUT2D eigenvalue weighted by Gasteiger charge is 2.67. The molecule has 1 fully saturated rings. The highest BCUT2D eigenvalue weighted by molar-refractivity contribution is 6.50. The van der Waals surface area contributed by atoms with Crippen LogP contribution in [0, 0.1) is 23.2 Å². The Morgan fingerprint density at radius 1 is 1.31 bits per heavy atom. The smallest absolute Gasteiger partial charge is 0.307 e. The lowest BCUT2D eigenvalue weighted by Gasteiger charge is -2.28. The molecule has 2 nitrogen and oxygen atoms in total. The van der Waals surface area contributed by atoms with E-state index in [9.17, 15) is 4.79 Å². The third kappa shape index (κ3) is 1.68. The molecule has 1 N–H and O–H groups in total. The average Bonchev–Trinajstić information content (AvgIpc) is 2.68. The number of carboxylic acids is 1. The van der Waals surface area contributed by atoms with Crippen LogP contribution in [0.5, 0.6) is 0 Å². The maximum Gasteiger partial charge on any atom is 0.307 e. The molecule has 3 unspecified atom stereocenters. The van der Waals surface area contributed by atoms with Gasteiger partial charge in [-0.2, -0.15) is 0 Å². The molecule has 3 atom stereocenters. The first-order valence-electron chi connectivity index (χ1n) is 5.25. The molecule has 0 bridgehead atoms. The van der Waals surface area contributed by atoms with E-state index in [1.54, 1.807) is 12.2 Å². The average molecular weight is 261 g/mol. The highest BCUT2D eigenvalue weighted by Crippen LogP contribution is 2.65. The summed E-state index contributed by atoms with van der Waals surface area (Å²) in [5.74, 6) is -1.24. The molecule has 88 valence electrons. The molecule has 2 rings (SSSR count). The van der Waals surface area contributed by atoms with Gasteiger partial charge in [0.2, 0.25) is 0 Å². The van der Waals surface area contributed by atoms with Crippen molar-refractivity contribution in [3.63, 3.8) is 0 Å². The SMILES string of the molecule is CC1(C)C(C(=O)O)C1C1C=CC=CC1(Cl)Cl. The van der Waals surface area contributed by atoms with Crippen molar-refractivity contribution in [3.05, 3.63) is 24.3 Å². The monoisotopic (exact) mass is 260 g/mol. The zero-order valence-corrected chi connectivity index (χ0v) is 10.7. The maximum absolute atomic E-state index is 11.1. The second-order valence-corrected chi connectivity index (χ2v) is 6.55. The Balaban J connectivity index is 2.25. The summed E-state index contributed by atoms with van der Waals surface area (Å²) in [7, 11) is 0. The Kier molecular flexibility index (Phi) is 2.63. The van der Waals surface area contributed by atoms with Gasteiger partial charge in [-0.25, -0.2) is 0 Å². The van der Waals surface area contributed by atoms with Gasteiger partial charge in [0.15, 0.2) is 0 Å². The minimum absolute atomic E-state index is 0.00111. The fraction of sp³-hybridized carbons (Fsp3) is 0.583. The van der Waals surface area contributed by atoms with E-state index in [-0.39, 0.29) is 23.2 Å². The van der Waals surface area contributed by atoms with Crippen molar-refractivity contribution < 1.29 is 9.90 Å². The summed E-state index contributed by atoms with van der Waals surface area (Å²) in [5, 5.41) is 9.13. The van der Waals surface area contributed by atoms with Crippen LogP contribution in [0.1, 0.15) is 13.8 Å². The van der Waals surface area contributed by atoms with Crippen molar-refractivity contribution in [1.29, 1.82) is 0 Å². The van der Waals surface area contributed by atoms with Gasteiger partial charge in [0.1, 0.15) is 4.33 Å². The molecule has 0 amide bonds. The normalized spacial score (nSPS) is 38.4. The predicted molar refractivity (Wildman–Crippen MR) is 64.6 cm³/mol. The van der Waals surface area contributed by atoms with Crippen molar-refractivity contribution >= 4 is 29.2 Å².